The van der Waals surface area contributed by atoms with Gasteiger partial charge in [-0.25, -0.2) is 0 Å². The fourth-order valence-electron chi connectivity index (χ4n) is 2.33. The number of benzene rings is 2. The molecule has 0 bridgehead atoms. The topological polar surface area (TPSA) is 51.0 Å². The number of hydrogen-bond acceptors (Lipinski definition) is 2. The van der Waals surface area contributed by atoms with Crippen LogP contribution in [-0.4, -0.2) is 11.5 Å². The second-order valence-corrected chi connectivity index (χ2v) is 4.98. The third kappa shape index (κ3) is 3.38. The van der Waals surface area contributed by atoms with Crippen molar-refractivity contribution < 1.29 is 4.74 Å². The number of aromatic amines is 1. The van der Waals surface area contributed by atoms with Gasteiger partial charge in [-0.2, -0.15) is 0 Å². The summed E-state index contributed by atoms with van der Waals surface area (Å²) in [6.07, 6.45) is 2.89. The molecular weight excluding hydrogens is 284 g/mol. The molecular formula is C17H19ClN2O. The molecule has 21 heavy (non-hydrogen) atoms. The second-order valence-electron chi connectivity index (χ2n) is 4.98. The highest BCUT2D eigenvalue weighted by Gasteiger charge is 2.05. The van der Waals surface area contributed by atoms with Crippen LogP contribution in [-0.2, 0) is 6.42 Å². The van der Waals surface area contributed by atoms with Crippen molar-refractivity contribution in [3.63, 3.8) is 0 Å². The zero-order valence-corrected chi connectivity index (χ0v) is 12.7. The Hall–Kier alpha value is -1.97. The largest absolute Gasteiger partial charge is 0.457 e. The lowest BCUT2D eigenvalue weighted by molar-refractivity contribution is 0.483. The quantitative estimate of drug-likeness (QED) is 0.759. The smallest absolute Gasteiger partial charge is 0.128 e. The molecule has 0 aliphatic carbocycles. The molecule has 0 saturated carbocycles. The van der Waals surface area contributed by atoms with E-state index < -0.39 is 0 Å². The van der Waals surface area contributed by atoms with E-state index in [-0.39, 0.29) is 12.4 Å². The second kappa shape index (κ2) is 6.66. The Kier molecular flexibility index (Phi) is 4.89. The predicted octanol–water partition coefficient (Wildman–Crippen LogP) is 4.19. The lowest BCUT2D eigenvalue weighted by Gasteiger charge is -2.06. The highest BCUT2D eigenvalue weighted by atomic mass is 35.5. The van der Waals surface area contributed by atoms with Crippen LogP contribution in [0.1, 0.15) is 11.1 Å². The molecule has 2 aromatic carbocycles. The summed E-state index contributed by atoms with van der Waals surface area (Å²) in [5.41, 5.74) is 9.22. The molecule has 0 aliphatic heterocycles. The average molecular weight is 303 g/mol. The molecule has 0 atom stereocenters. The molecule has 0 fully saturated rings. The highest BCUT2D eigenvalue weighted by molar-refractivity contribution is 5.85. The van der Waals surface area contributed by atoms with E-state index in [1.807, 2.05) is 42.6 Å². The van der Waals surface area contributed by atoms with Crippen LogP contribution in [0.15, 0.2) is 48.7 Å². The van der Waals surface area contributed by atoms with Crippen molar-refractivity contribution in [1.82, 2.24) is 4.98 Å². The molecule has 1 aromatic heterocycles. The van der Waals surface area contributed by atoms with Crippen molar-refractivity contribution in [2.45, 2.75) is 13.3 Å². The first-order valence-electron chi connectivity index (χ1n) is 6.81. The number of nitrogens with one attached hydrogen (secondary N) is 1. The number of ether oxygens (including phenoxy) is 1. The summed E-state index contributed by atoms with van der Waals surface area (Å²) in [5, 5.41) is 1.18. The molecule has 0 spiro atoms. The molecule has 3 rings (SSSR count). The van der Waals surface area contributed by atoms with Crippen LogP contribution < -0.4 is 10.5 Å². The molecule has 0 aliphatic rings. The summed E-state index contributed by atoms with van der Waals surface area (Å²) in [4.78, 5) is 3.26. The van der Waals surface area contributed by atoms with Gasteiger partial charge >= 0.3 is 0 Å². The van der Waals surface area contributed by atoms with Gasteiger partial charge in [0.15, 0.2) is 0 Å². The zero-order chi connectivity index (χ0) is 13.9. The lowest BCUT2D eigenvalue weighted by atomic mass is 10.1. The monoisotopic (exact) mass is 302 g/mol. The van der Waals surface area contributed by atoms with Gasteiger partial charge in [0.25, 0.3) is 0 Å². The number of H-pyrrole nitrogens is 1. The molecule has 3 aromatic rings. The van der Waals surface area contributed by atoms with Gasteiger partial charge in [-0.15, -0.1) is 12.4 Å². The van der Waals surface area contributed by atoms with E-state index in [0.29, 0.717) is 6.54 Å². The Balaban J connectivity index is 0.00000161. The first-order valence-corrected chi connectivity index (χ1v) is 6.81. The van der Waals surface area contributed by atoms with Gasteiger partial charge in [0.1, 0.15) is 11.5 Å². The number of aryl methyl sites for hydroxylation is 1. The van der Waals surface area contributed by atoms with Gasteiger partial charge in [-0.3, -0.25) is 0 Å². The third-order valence-corrected chi connectivity index (χ3v) is 3.41. The van der Waals surface area contributed by atoms with E-state index in [0.717, 1.165) is 23.4 Å². The zero-order valence-electron chi connectivity index (χ0n) is 11.9. The molecule has 0 saturated heterocycles. The summed E-state index contributed by atoms with van der Waals surface area (Å²) in [7, 11) is 0. The van der Waals surface area contributed by atoms with E-state index >= 15 is 0 Å². The van der Waals surface area contributed by atoms with Gasteiger partial charge in [0.2, 0.25) is 0 Å². The summed E-state index contributed by atoms with van der Waals surface area (Å²) in [6, 6.07) is 14.1. The Labute approximate surface area is 130 Å². The van der Waals surface area contributed by atoms with Crippen LogP contribution in [0.2, 0.25) is 0 Å². The molecule has 0 unspecified atom stereocenters. The van der Waals surface area contributed by atoms with Crippen molar-refractivity contribution in [2.24, 2.45) is 5.73 Å². The highest BCUT2D eigenvalue weighted by Crippen LogP contribution is 2.27. The van der Waals surface area contributed by atoms with E-state index in [1.54, 1.807) is 0 Å². The fraction of sp³-hybridized carbons (Fsp3) is 0.176. The van der Waals surface area contributed by atoms with Crippen molar-refractivity contribution in [3.05, 3.63) is 59.8 Å². The number of aromatic nitrogens is 1. The predicted molar refractivity (Wildman–Crippen MR) is 89.6 cm³/mol. The van der Waals surface area contributed by atoms with Crippen LogP contribution in [0.3, 0.4) is 0 Å². The first kappa shape index (κ1) is 15.4. The van der Waals surface area contributed by atoms with Gasteiger partial charge in [-0.1, -0.05) is 17.7 Å². The van der Waals surface area contributed by atoms with Crippen LogP contribution in [0.4, 0.5) is 0 Å². The Bertz CT molecular complexity index is 719. The van der Waals surface area contributed by atoms with Crippen molar-refractivity contribution in [3.8, 4) is 11.5 Å². The number of rotatable bonds is 4. The minimum Gasteiger partial charge on any atom is -0.457 e. The van der Waals surface area contributed by atoms with Gasteiger partial charge in [-0.05, 0) is 55.8 Å². The first-order chi connectivity index (χ1) is 9.76. The summed E-state index contributed by atoms with van der Waals surface area (Å²) in [6.45, 7) is 2.71. The normalized spacial score (nSPS) is 10.4. The molecule has 0 amide bonds. The Morgan fingerprint density at radius 2 is 1.76 bits per heavy atom. The van der Waals surface area contributed by atoms with E-state index in [4.69, 9.17) is 10.5 Å². The molecule has 4 heteroatoms. The Morgan fingerprint density at radius 1 is 1.05 bits per heavy atom. The molecule has 1 heterocycles. The average Bonchev–Trinajstić information content (AvgIpc) is 2.85. The van der Waals surface area contributed by atoms with E-state index in [1.165, 1.54) is 16.5 Å². The summed E-state index contributed by atoms with van der Waals surface area (Å²) >= 11 is 0. The standard InChI is InChI=1S/C17H18N2O.ClH/c1-12-2-4-14(5-3-12)20-15-6-7-17-16(10-15)13(8-9-18)11-19-17;/h2-7,10-11,19H,8-9,18H2,1H3;1H. The number of hydrogen-bond donors (Lipinski definition) is 2. The summed E-state index contributed by atoms with van der Waals surface area (Å²) in [5.74, 6) is 1.70. The minimum atomic E-state index is 0. The number of fused-ring (bicyclic) bond motifs is 1. The molecule has 110 valence electrons. The van der Waals surface area contributed by atoms with Crippen molar-refractivity contribution >= 4 is 23.3 Å². The summed E-state index contributed by atoms with van der Waals surface area (Å²) < 4.78 is 5.90. The minimum absolute atomic E-state index is 0. The van der Waals surface area contributed by atoms with Crippen molar-refractivity contribution in [2.75, 3.05) is 6.54 Å². The number of halogens is 1. The van der Waals surface area contributed by atoms with Crippen LogP contribution in [0.25, 0.3) is 10.9 Å². The number of nitrogens with two attached hydrogens (primary N) is 1. The van der Waals surface area contributed by atoms with E-state index in [2.05, 4.69) is 18.0 Å². The Morgan fingerprint density at radius 3 is 2.48 bits per heavy atom. The SMILES string of the molecule is Cc1ccc(Oc2ccc3[nH]cc(CCN)c3c2)cc1.Cl. The molecule has 0 radical (unpaired) electrons. The van der Waals surface area contributed by atoms with Gasteiger partial charge in [0, 0.05) is 17.1 Å². The lowest BCUT2D eigenvalue weighted by Crippen LogP contribution is -2.01. The fourth-order valence-corrected chi connectivity index (χ4v) is 2.33. The van der Waals surface area contributed by atoms with Crippen LogP contribution in [0.5, 0.6) is 11.5 Å². The van der Waals surface area contributed by atoms with Crippen LogP contribution >= 0.6 is 12.4 Å². The van der Waals surface area contributed by atoms with E-state index in [9.17, 15) is 0 Å². The molecule has 3 nitrogen and oxygen atoms in total. The van der Waals surface area contributed by atoms with Crippen molar-refractivity contribution in [1.29, 1.82) is 0 Å². The maximum atomic E-state index is 5.90. The molecule has 3 N–H and O–H groups in total. The maximum Gasteiger partial charge on any atom is 0.128 e. The van der Waals surface area contributed by atoms with Crippen LogP contribution in [0, 0.1) is 6.92 Å². The van der Waals surface area contributed by atoms with Gasteiger partial charge in [0.05, 0.1) is 0 Å². The maximum absolute atomic E-state index is 5.90. The third-order valence-electron chi connectivity index (χ3n) is 3.41. The van der Waals surface area contributed by atoms with Gasteiger partial charge < -0.3 is 15.5 Å².